The number of rotatable bonds is 8. The van der Waals surface area contributed by atoms with E-state index in [1.807, 2.05) is 6.92 Å². The summed E-state index contributed by atoms with van der Waals surface area (Å²) in [5, 5.41) is 13.1. The van der Waals surface area contributed by atoms with Gasteiger partial charge in [0, 0.05) is 25.3 Å². The SMILES string of the molecule is CCNCCNC(=O)c1cnn(CC(=O)NC2CCCCC2)c1. The Kier molecular flexibility index (Phi) is 7.06. The van der Waals surface area contributed by atoms with E-state index in [0.29, 0.717) is 18.2 Å². The summed E-state index contributed by atoms with van der Waals surface area (Å²) in [6, 6.07) is 0.292. The molecule has 23 heavy (non-hydrogen) atoms. The minimum atomic E-state index is -0.165. The molecule has 1 aromatic rings. The molecule has 0 aromatic carbocycles. The Morgan fingerprint density at radius 3 is 2.78 bits per heavy atom. The first-order valence-corrected chi connectivity index (χ1v) is 8.49. The zero-order valence-corrected chi connectivity index (χ0v) is 13.8. The second-order valence-electron chi connectivity index (χ2n) is 5.94. The van der Waals surface area contributed by atoms with Gasteiger partial charge in [0.1, 0.15) is 6.54 Å². The zero-order valence-electron chi connectivity index (χ0n) is 13.8. The molecule has 7 nitrogen and oxygen atoms in total. The van der Waals surface area contributed by atoms with Gasteiger partial charge in [0.25, 0.3) is 5.91 Å². The molecule has 3 N–H and O–H groups in total. The Hall–Kier alpha value is -1.89. The van der Waals surface area contributed by atoms with Crippen LogP contribution in [-0.4, -0.2) is 47.3 Å². The summed E-state index contributed by atoms with van der Waals surface area (Å²) in [7, 11) is 0. The van der Waals surface area contributed by atoms with Gasteiger partial charge in [0.2, 0.25) is 5.91 Å². The van der Waals surface area contributed by atoms with Crippen molar-refractivity contribution in [2.45, 2.75) is 51.6 Å². The molecule has 1 aliphatic carbocycles. The van der Waals surface area contributed by atoms with Crippen LogP contribution in [0.2, 0.25) is 0 Å². The molecule has 1 aliphatic rings. The topological polar surface area (TPSA) is 88.0 Å². The van der Waals surface area contributed by atoms with Gasteiger partial charge in [-0.1, -0.05) is 26.2 Å². The summed E-state index contributed by atoms with van der Waals surface area (Å²) in [4.78, 5) is 24.0. The predicted molar refractivity (Wildman–Crippen MR) is 88.1 cm³/mol. The highest BCUT2D eigenvalue weighted by Crippen LogP contribution is 2.17. The summed E-state index contributed by atoms with van der Waals surface area (Å²) < 4.78 is 1.51. The third-order valence-electron chi connectivity index (χ3n) is 4.01. The highest BCUT2D eigenvalue weighted by atomic mass is 16.2. The van der Waals surface area contributed by atoms with Crippen molar-refractivity contribution in [2.24, 2.45) is 0 Å². The van der Waals surface area contributed by atoms with Gasteiger partial charge >= 0.3 is 0 Å². The first-order valence-electron chi connectivity index (χ1n) is 8.49. The Bertz CT molecular complexity index is 508. The molecular formula is C16H27N5O2. The molecule has 7 heteroatoms. The molecule has 2 amide bonds. The van der Waals surface area contributed by atoms with Crippen LogP contribution in [0.5, 0.6) is 0 Å². The van der Waals surface area contributed by atoms with E-state index in [4.69, 9.17) is 0 Å². The van der Waals surface area contributed by atoms with Crippen molar-refractivity contribution in [2.75, 3.05) is 19.6 Å². The largest absolute Gasteiger partial charge is 0.352 e. The van der Waals surface area contributed by atoms with Gasteiger partial charge in [0.15, 0.2) is 0 Å². The first-order chi connectivity index (χ1) is 11.2. The fourth-order valence-electron chi connectivity index (χ4n) is 2.78. The van der Waals surface area contributed by atoms with Gasteiger partial charge in [0.05, 0.1) is 11.8 Å². The average molecular weight is 321 g/mol. The lowest BCUT2D eigenvalue weighted by Crippen LogP contribution is -2.38. The first kappa shape index (κ1) is 17.5. The minimum absolute atomic E-state index is 0.0425. The molecule has 1 heterocycles. The highest BCUT2D eigenvalue weighted by Gasteiger charge is 2.16. The fourth-order valence-corrected chi connectivity index (χ4v) is 2.78. The van der Waals surface area contributed by atoms with E-state index in [0.717, 1.165) is 25.9 Å². The Morgan fingerprint density at radius 1 is 1.26 bits per heavy atom. The molecule has 0 bridgehead atoms. The van der Waals surface area contributed by atoms with Crippen molar-refractivity contribution < 1.29 is 9.59 Å². The van der Waals surface area contributed by atoms with Gasteiger partial charge in [-0.05, 0) is 19.4 Å². The lowest BCUT2D eigenvalue weighted by molar-refractivity contribution is -0.122. The molecule has 0 spiro atoms. The number of hydrogen-bond donors (Lipinski definition) is 3. The minimum Gasteiger partial charge on any atom is -0.352 e. The lowest BCUT2D eigenvalue weighted by atomic mass is 9.95. The summed E-state index contributed by atoms with van der Waals surface area (Å²) in [6.45, 7) is 4.36. The average Bonchev–Trinajstić information content (AvgIpc) is 3.00. The van der Waals surface area contributed by atoms with E-state index in [1.165, 1.54) is 30.1 Å². The van der Waals surface area contributed by atoms with Crippen LogP contribution in [0.1, 0.15) is 49.4 Å². The van der Waals surface area contributed by atoms with Crippen LogP contribution in [0.25, 0.3) is 0 Å². The van der Waals surface area contributed by atoms with Crippen molar-refractivity contribution in [1.29, 1.82) is 0 Å². The van der Waals surface area contributed by atoms with Gasteiger partial charge in [-0.15, -0.1) is 0 Å². The van der Waals surface area contributed by atoms with E-state index in [9.17, 15) is 9.59 Å². The normalized spacial score (nSPS) is 15.3. The monoisotopic (exact) mass is 321 g/mol. The molecule has 0 saturated heterocycles. The summed E-state index contributed by atoms with van der Waals surface area (Å²) in [6.07, 6.45) is 8.86. The number of nitrogens with one attached hydrogen (secondary N) is 3. The molecule has 0 aliphatic heterocycles. The van der Waals surface area contributed by atoms with Crippen molar-refractivity contribution in [3.63, 3.8) is 0 Å². The molecule has 0 unspecified atom stereocenters. The third kappa shape index (κ3) is 6.02. The van der Waals surface area contributed by atoms with Crippen LogP contribution in [0.4, 0.5) is 0 Å². The molecule has 2 rings (SSSR count). The van der Waals surface area contributed by atoms with E-state index in [1.54, 1.807) is 6.20 Å². The fraction of sp³-hybridized carbons (Fsp3) is 0.688. The smallest absolute Gasteiger partial charge is 0.254 e. The summed E-state index contributed by atoms with van der Waals surface area (Å²) in [5.74, 6) is -0.207. The second-order valence-corrected chi connectivity index (χ2v) is 5.94. The van der Waals surface area contributed by atoms with Crippen molar-refractivity contribution in [1.82, 2.24) is 25.7 Å². The van der Waals surface area contributed by atoms with Crippen molar-refractivity contribution in [3.8, 4) is 0 Å². The third-order valence-corrected chi connectivity index (χ3v) is 4.01. The standard InChI is InChI=1S/C16H27N5O2/c1-2-17-8-9-18-16(23)13-10-19-21(11-13)12-15(22)20-14-6-4-3-5-7-14/h10-11,14,17H,2-9,12H2,1H3,(H,18,23)(H,20,22). The molecular weight excluding hydrogens is 294 g/mol. The second kappa shape index (κ2) is 9.29. The van der Waals surface area contributed by atoms with Crippen LogP contribution in [0.15, 0.2) is 12.4 Å². The van der Waals surface area contributed by atoms with Gasteiger partial charge in [-0.25, -0.2) is 0 Å². The van der Waals surface area contributed by atoms with Crippen LogP contribution in [0.3, 0.4) is 0 Å². The number of likely N-dealkylation sites (N-methyl/N-ethyl adjacent to an activating group) is 1. The number of carbonyl (C=O) groups excluding carboxylic acids is 2. The predicted octanol–water partition coefficient (Wildman–Crippen LogP) is 0.671. The molecule has 0 radical (unpaired) electrons. The maximum Gasteiger partial charge on any atom is 0.254 e. The summed E-state index contributed by atoms with van der Waals surface area (Å²) in [5.41, 5.74) is 0.479. The molecule has 0 atom stereocenters. The Balaban J connectivity index is 1.74. The quantitative estimate of drug-likeness (QED) is 0.614. The molecule has 1 fully saturated rings. The van der Waals surface area contributed by atoms with Crippen molar-refractivity contribution >= 4 is 11.8 Å². The zero-order chi connectivity index (χ0) is 16.5. The number of hydrogen-bond acceptors (Lipinski definition) is 4. The summed E-state index contributed by atoms with van der Waals surface area (Å²) >= 11 is 0. The lowest BCUT2D eigenvalue weighted by Gasteiger charge is -2.22. The Labute approximate surface area is 137 Å². The van der Waals surface area contributed by atoms with E-state index in [2.05, 4.69) is 21.0 Å². The number of carbonyl (C=O) groups is 2. The molecule has 128 valence electrons. The molecule has 1 saturated carbocycles. The maximum atomic E-state index is 12.0. The van der Waals surface area contributed by atoms with Crippen LogP contribution < -0.4 is 16.0 Å². The van der Waals surface area contributed by atoms with E-state index < -0.39 is 0 Å². The van der Waals surface area contributed by atoms with Gasteiger partial charge < -0.3 is 16.0 Å². The Morgan fingerprint density at radius 2 is 2.04 bits per heavy atom. The number of nitrogens with zero attached hydrogens (tertiary/aromatic N) is 2. The molecule has 1 aromatic heterocycles. The van der Waals surface area contributed by atoms with E-state index >= 15 is 0 Å². The van der Waals surface area contributed by atoms with Crippen LogP contribution in [0, 0.1) is 0 Å². The van der Waals surface area contributed by atoms with E-state index in [-0.39, 0.29) is 18.4 Å². The maximum absolute atomic E-state index is 12.0. The number of amides is 2. The van der Waals surface area contributed by atoms with Crippen molar-refractivity contribution in [3.05, 3.63) is 18.0 Å². The van der Waals surface area contributed by atoms with Gasteiger partial charge in [-0.3, -0.25) is 14.3 Å². The van der Waals surface area contributed by atoms with Gasteiger partial charge in [-0.2, -0.15) is 5.10 Å². The van der Waals surface area contributed by atoms with Crippen LogP contribution >= 0.6 is 0 Å². The highest BCUT2D eigenvalue weighted by molar-refractivity contribution is 5.93. The van der Waals surface area contributed by atoms with Crippen LogP contribution in [-0.2, 0) is 11.3 Å². The number of aromatic nitrogens is 2.